The van der Waals surface area contributed by atoms with Gasteiger partial charge in [-0.2, -0.15) is 0 Å². The number of benzene rings is 1. The van der Waals surface area contributed by atoms with Crippen molar-refractivity contribution in [3.8, 4) is 0 Å². The Kier molecular flexibility index (Phi) is 5.87. The highest BCUT2D eigenvalue weighted by atomic mass is 19.1. The molecule has 0 bridgehead atoms. The first kappa shape index (κ1) is 19.9. The number of carbonyl (C=O) groups is 1. The summed E-state index contributed by atoms with van der Waals surface area (Å²) >= 11 is 0. The molecule has 2 fully saturated rings. The Morgan fingerprint density at radius 1 is 1.10 bits per heavy atom. The number of rotatable bonds is 4. The van der Waals surface area contributed by atoms with Crippen LogP contribution in [0.15, 0.2) is 36.7 Å². The number of hydrogen-bond acceptors (Lipinski definition) is 5. The first-order valence-electron chi connectivity index (χ1n) is 10.2. The van der Waals surface area contributed by atoms with Gasteiger partial charge < -0.3 is 9.64 Å². The molecular weight excluding hydrogens is 371 g/mol. The molecule has 2 aromatic rings. The van der Waals surface area contributed by atoms with Crippen molar-refractivity contribution in [2.45, 2.75) is 44.9 Å². The molecule has 4 rings (SSSR count). The highest BCUT2D eigenvalue weighted by molar-refractivity contribution is 5.76. The summed E-state index contributed by atoms with van der Waals surface area (Å²) in [4.78, 5) is 25.5. The normalized spacial score (nSPS) is 20.1. The molecule has 29 heavy (non-hydrogen) atoms. The van der Waals surface area contributed by atoms with Gasteiger partial charge in [-0.25, -0.2) is 4.39 Å². The van der Waals surface area contributed by atoms with E-state index in [-0.39, 0.29) is 17.3 Å². The summed E-state index contributed by atoms with van der Waals surface area (Å²) in [7, 11) is 0. The van der Waals surface area contributed by atoms with Gasteiger partial charge in [-0.15, -0.1) is 0 Å². The van der Waals surface area contributed by atoms with Gasteiger partial charge in [0.05, 0.1) is 49.3 Å². The summed E-state index contributed by atoms with van der Waals surface area (Å²) in [5, 5.41) is 0. The van der Waals surface area contributed by atoms with E-state index in [0.29, 0.717) is 26.1 Å². The molecule has 7 heteroatoms. The SMILES string of the molecule is Cc1cnc(CN2CC3(CCN(Cc4ccc(F)cc4)CC3)OCCC2=O)cn1. The Morgan fingerprint density at radius 3 is 2.55 bits per heavy atom. The summed E-state index contributed by atoms with van der Waals surface area (Å²) < 4.78 is 19.3. The molecule has 1 aromatic heterocycles. The number of hydrogen-bond donors (Lipinski definition) is 0. The maximum Gasteiger partial charge on any atom is 0.225 e. The Labute approximate surface area is 170 Å². The molecule has 2 aliphatic rings. The number of ether oxygens (including phenoxy) is 1. The molecule has 0 unspecified atom stereocenters. The van der Waals surface area contributed by atoms with Crippen LogP contribution in [0.4, 0.5) is 4.39 Å². The lowest BCUT2D eigenvalue weighted by Gasteiger charge is -2.42. The number of amides is 1. The van der Waals surface area contributed by atoms with Crippen molar-refractivity contribution < 1.29 is 13.9 Å². The molecular formula is C22H27FN4O2. The van der Waals surface area contributed by atoms with Crippen molar-refractivity contribution in [3.63, 3.8) is 0 Å². The molecule has 2 aliphatic heterocycles. The van der Waals surface area contributed by atoms with Crippen molar-refractivity contribution >= 4 is 5.91 Å². The molecule has 0 saturated carbocycles. The summed E-state index contributed by atoms with van der Waals surface area (Å²) in [6.45, 7) is 6.01. The van der Waals surface area contributed by atoms with Crippen LogP contribution < -0.4 is 0 Å². The molecule has 0 N–H and O–H groups in total. The van der Waals surface area contributed by atoms with Crippen LogP contribution in [-0.2, 0) is 22.6 Å². The maximum absolute atomic E-state index is 13.1. The minimum absolute atomic E-state index is 0.109. The van der Waals surface area contributed by atoms with Crippen LogP contribution in [0.3, 0.4) is 0 Å². The standard InChI is InChI=1S/C22H27FN4O2/c1-17-12-25-20(13-24-17)15-27-16-22(29-11-6-21(27)28)7-9-26(10-8-22)14-18-2-4-19(23)5-3-18/h2-5,12-13H,6-11,14-16H2,1H3. The summed E-state index contributed by atoms with van der Waals surface area (Å²) in [6.07, 6.45) is 5.62. The fourth-order valence-corrected chi connectivity index (χ4v) is 4.10. The average Bonchev–Trinajstić information content (AvgIpc) is 2.86. The number of carbonyl (C=O) groups excluding carboxylic acids is 1. The molecule has 1 spiro atoms. The topological polar surface area (TPSA) is 58.6 Å². The van der Waals surface area contributed by atoms with E-state index in [4.69, 9.17) is 4.74 Å². The largest absolute Gasteiger partial charge is 0.373 e. The third-order valence-corrected chi connectivity index (χ3v) is 5.83. The molecule has 2 saturated heterocycles. The van der Waals surface area contributed by atoms with Gasteiger partial charge in [-0.05, 0) is 37.5 Å². The van der Waals surface area contributed by atoms with Crippen molar-refractivity contribution in [1.82, 2.24) is 19.8 Å². The summed E-state index contributed by atoms with van der Waals surface area (Å²) in [5.74, 6) is -0.0979. The lowest BCUT2D eigenvalue weighted by atomic mass is 9.90. The summed E-state index contributed by atoms with van der Waals surface area (Å²) in [5.41, 5.74) is 2.47. The fourth-order valence-electron chi connectivity index (χ4n) is 4.10. The fraction of sp³-hybridized carbons (Fsp3) is 0.500. The minimum Gasteiger partial charge on any atom is -0.373 e. The molecule has 1 amide bonds. The van der Waals surface area contributed by atoms with E-state index in [9.17, 15) is 9.18 Å². The third kappa shape index (κ3) is 4.97. The van der Waals surface area contributed by atoms with E-state index < -0.39 is 0 Å². The van der Waals surface area contributed by atoms with E-state index >= 15 is 0 Å². The molecule has 1 aromatic carbocycles. The second kappa shape index (κ2) is 8.55. The monoisotopic (exact) mass is 398 g/mol. The number of aromatic nitrogens is 2. The molecule has 3 heterocycles. The minimum atomic E-state index is -0.302. The Hall–Kier alpha value is -2.38. The van der Waals surface area contributed by atoms with E-state index in [1.807, 2.05) is 24.0 Å². The zero-order chi connectivity index (χ0) is 20.3. The maximum atomic E-state index is 13.1. The van der Waals surface area contributed by atoms with Gasteiger partial charge in [0.1, 0.15) is 5.82 Å². The van der Waals surface area contributed by atoms with Gasteiger partial charge in [-0.1, -0.05) is 12.1 Å². The van der Waals surface area contributed by atoms with E-state index in [1.54, 1.807) is 12.4 Å². The number of aryl methyl sites for hydroxylation is 1. The smallest absolute Gasteiger partial charge is 0.225 e. The molecule has 0 aliphatic carbocycles. The lowest BCUT2D eigenvalue weighted by molar-refractivity contribution is -0.132. The van der Waals surface area contributed by atoms with E-state index in [2.05, 4.69) is 14.9 Å². The van der Waals surface area contributed by atoms with E-state index in [0.717, 1.165) is 49.4 Å². The van der Waals surface area contributed by atoms with Crippen molar-refractivity contribution in [2.24, 2.45) is 0 Å². The zero-order valence-corrected chi connectivity index (χ0v) is 16.8. The van der Waals surface area contributed by atoms with Crippen LogP contribution >= 0.6 is 0 Å². The van der Waals surface area contributed by atoms with Crippen molar-refractivity contribution in [2.75, 3.05) is 26.2 Å². The molecule has 0 atom stereocenters. The molecule has 154 valence electrons. The Morgan fingerprint density at radius 2 is 1.86 bits per heavy atom. The third-order valence-electron chi connectivity index (χ3n) is 5.83. The number of piperidine rings is 1. The second-order valence-electron chi connectivity index (χ2n) is 8.08. The highest BCUT2D eigenvalue weighted by Crippen LogP contribution is 2.31. The van der Waals surface area contributed by atoms with Gasteiger partial charge in [0, 0.05) is 25.8 Å². The Balaban J connectivity index is 1.38. The average molecular weight is 398 g/mol. The van der Waals surface area contributed by atoms with Crippen molar-refractivity contribution in [1.29, 1.82) is 0 Å². The van der Waals surface area contributed by atoms with Gasteiger partial charge >= 0.3 is 0 Å². The van der Waals surface area contributed by atoms with Gasteiger partial charge in [0.25, 0.3) is 0 Å². The second-order valence-corrected chi connectivity index (χ2v) is 8.08. The highest BCUT2D eigenvalue weighted by Gasteiger charge is 2.40. The first-order chi connectivity index (χ1) is 14.0. The van der Waals surface area contributed by atoms with Crippen LogP contribution in [0.5, 0.6) is 0 Å². The Bertz CT molecular complexity index is 833. The zero-order valence-electron chi connectivity index (χ0n) is 16.8. The first-order valence-corrected chi connectivity index (χ1v) is 10.2. The van der Waals surface area contributed by atoms with Gasteiger partial charge in [0.2, 0.25) is 5.91 Å². The summed E-state index contributed by atoms with van der Waals surface area (Å²) in [6, 6.07) is 6.69. The number of nitrogens with zero attached hydrogens (tertiary/aromatic N) is 4. The van der Waals surface area contributed by atoms with Crippen LogP contribution in [0, 0.1) is 12.7 Å². The van der Waals surface area contributed by atoms with Crippen LogP contribution in [-0.4, -0.2) is 57.5 Å². The van der Waals surface area contributed by atoms with E-state index in [1.165, 1.54) is 12.1 Å². The van der Waals surface area contributed by atoms with Crippen LogP contribution in [0.25, 0.3) is 0 Å². The molecule has 6 nitrogen and oxygen atoms in total. The quantitative estimate of drug-likeness (QED) is 0.793. The van der Waals surface area contributed by atoms with Gasteiger partial charge in [0.15, 0.2) is 0 Å². The van der Waals surface area contributed by atoms with Crippen molar-refractivity contribution in [3.05, 3.63) is 59.4 Å². The van der Waals surface area contributed by atoms with Crippen LogP contribution in [0.1, 0.15) is 36.2 Å². The molecule has 0 radical (unpaired) electrons. The number of halogens is 1. The predicted octanol–water partition coefficient (Wildman–Crippen LogP) is 2.71. The lowest BCUT2D eigenvalue weighted by Crippen LogP contribution is -2.51. The van der Waals surface area contributed by atoms with Gasteiger partial charge in [-0.3, -0.25) is 19.7 Å². The number of likely N-dealkylation sites (tertiary alicyclic amines) is 1. The van der Waals surface area contributed by atoms with Crippen LogP contribution in [0.2, 0.25) is 0 Å². The predicted molar refractivity (Wildman–Crippen MR) is 106 cm³/mol.